The molecule has 0 aromatic heterocycles. The molecule has 0 aliphatic carbocycles. The lowest BCUT2D eigenvalue weighted by Crippen LogP contribution is -2.47. The molecule has 2 saturated heterocycles. The Bertz CT molecular complexity index is 531. The smallest absolute Gasteiger partial charge is 0.220 e. The summed E-state index contributed by atoms with van der Waals surface area (Å²) in [5, 5.41) is 6.50. The van der Waals surface area contributed by atoms with E-state index in [0.29, 0.717) is 12.3 Å². The maximum atomic E-state index is 13.4. The molecule has 2 unspecified atom stereocenters. The van der Waals surface area contributed by atoms with Crippen molar-refractivity contribution in [1.82, 2.24) is 10.6 Å². The number of carbonyl (C=O) groups is 1. The van der Waals surface area contributed by atoms with Gasteiger partial charge in [-0.15, -0.1) is 0 Å². The Balaban J connectivity index is 1.47. The van der Waals surface area contributed by atoms with Crippen LogP contribution in [0.5, 0.6) is 0 Å². The van der Waals surface area contributed by atoms with E-state index in [2.05, 4.69) is 15.5 Å². The van der Waals surface area contributed by atoms with E-state index in [4.69, 9.17) is 0 Å². The van der Waals surface area contributed by atoms with Crippen LogP contribution in [0.1, 0.15) is 32.1 Å². The van der Waals surface area contributed by atoms with Gasteiger partial charge in [0.15, 0.2) is 0 Å². The quantitative estimate of drug-likeness (QED) is 0.875. The summed E-state index contributed by atoms with van der Waals surface area (Å²) in [5.74, 6) is 0.595. The van der Waals surface area contributed by atoms with Crippen molar-refractivity contribution in [3.63, 3.8) is 0 Å². The van der Waals surface area contributed by atoms with Crippen molar-refractivity contribution >= 4 is 11.6 Å². The highest BCUT2D eigenvalue weighted by Crippen LogP contribution is 2.21. The minimum Gasteiger partial charge on any atom is -0.369 e. The Morgan fingerprint density at radius 3 is 3.09 bits per heavy atom. The molecule has 1 aromatic carbocycles. The molecule has 0 bridgehead atoms. The summed E-state index contributed by atoms with van der Waals surface area (Å²) in [4.78, 5) is 14.3. The second kappa shape index (κ2) is 7.77. The number of rotatable bonds is 5. The van der Waals surface area contributed by atoms with Crippen LogP contribution in [0.2, 0.25) is 0 Å². The molecule has 1 aromatic rings. The first kappa shape index (κ1) is 16.2. The lowest BCUT2D eigenvalue weighted by atomic mass is 10.0. The Kier molecular flexibility index (Phi) is 5.49. The summed E-state index contributed by atoms with van der Waals surface area (Å²) in [5.41, 5.74) is 0.904. The Morgan fingerprint density at radius 1 is 1.39 bits per heavy atom. The summed E-state index contributed by atoms with van der Waals surface area (Å²) in [6.45, 7) is 3.81. The molecule has 0 spiro atoms. The number of carbonyl (C=O) groups excluding carboxylic acids is 1. The van der Waals surface area contributed by atoms with Gasteiger partial charge in [-0.1, -0.05) is 6.07 Å². The monoisotopic (exact) mass is 319 g/mol. The number of hydrogen-bond donors (Lipinski definition) is 2. The third kappa shape index (κ3) is 4.67. The normalized spacial score (nSPS) is 24.7. The van der Waals surface area contributed by atoms with Crippen LogP contribution in [0.4, 0.5) is 10.1 Å². The van der Waals surface area contributed by atoms with Crippen molar-refractivity contribution < 1.29 is 9.18 Å². The molecule has 4 nitrogen and oxygen atoms in total. The van der Waals surface area contributed by atoms with Crippen LogP contribution in [-0.2, 0) is 4.79 Å². The average molecular weight is 319 g/mol. The molecule has 1 amide bonds. The zero-order valence-corrected chi connectivity index (χ0v) is 13.6. The van der Waals surface area contributed by atoms with E-state index in [9.17, 15) is 9.18 Å². The summed E-state index contributed by atoms with van der Waals surface area (Å²) >= 11 is 0. The Labute approximate surface area is 137 Å². The van der Waals surface area contributed by atoms with Gasteiger partial charge in [-0.2, -0.15) is 0 Å². The summed E-state index contributed by atoms with van der Waals surface area (Å²) in [7, 11) is 0. The number of hydrogen-bond acceptors (Lipinski definition) is 3. The van der Waals surface area contributed by atoms with E-state index in [-0.39, 0.29) is 17.8 Å². The summed E-state index contributed by atoms with van der Waals surface area (Å²) in [6, 6.07) is 6.87. The standard InChI is InChI=1S/C18H26FN3O/c19-15-3-1-5-17(11-15)22-10-2-4-16(13-22)21-18(23)7-6-14-8-9-20-12-14/h1,3,5,11,14,16,20H,2,4,6-10,12-13H2,(H,21,23). The van der Waals surface area contributed by atoms with E-state index in [1.54, 1.807) is 12.1 Å². The second-order valence-corrected chi connectivity index (χ2v) is 6.73. The van der Waals surface area contributed by atoms with Crippen LogP contribution in [0, 0.1) is 11.7 Å². The van der Waals surface area contributed by atoms with E-state index in [0.717, 1.165) is 51.1 Å². The Hall–Kier alpha value is -1.62. The van der Waals surface area contributed by atoms with E-state index in [1.807, 2.05) is 6.07 Å². The Morgan fingerprint density at radius 2 is 2.30 bits per heavy atom. The molecule has 126 valence electrons. The third-order valence-corrected chi connectivity index (χ3v) is 4.90. The van der Waals surface area contributed by atoms with E-state index < -0.39 is 0 Å². The van der Waals surface area contributed by atoms with Crippen molar-refractivity contribution in [2.45, 2.75) is 38.1 Å². The number of piperidine rings is 1. The van der Waals surface area contributed by atoms with Crippen LogP contribution in [0.25, 0.3) is 0 Å². The molecule has 2 heterocycles. The van der Waals surface area contributed by atoms with Gasteiger partial charge in [0.25, 0.3) is 0 Å². The van der Waals surface area contributed by atoms with Crippen molar-refractivity contribution in [2.24, 2.45) is 5.92 Å². The number of nitrogens with zero attached hydrogens (tertiary/aromatic N) is 1. The molecule has 3 rings (SSSR count). The third-order valence-electron chi connectivity index (χ3n) is 4.90. The first-order valence-corrected chi connectivity index (χ1v) is 8.71. The maximum Gasteiger partial charge on any atom is 0.220 e. The molecule has 2 fully saturated rings. The summed E-state index contributed by atoms with van der Waals surface area (Å²) in [6.07, 6.45) is 4.79. The van der Waals surface area contributed by atoms with Gasteiger partial charge >= 0.3 is 0 Å². The van der Waals surface area contributed by atoms with Crippen LogP contribution in [0.3, 0.4) is 0 Å². The highest BCUT2D eigenvalue weighted by Gasteiger charge is 2.22. The number of halogens is 1. The van der Waals surface area contributed by atoms with Crippen LogP contribution < -0.4 is 15.5 Å². The predicted octanol–water partition coefficient (Wildman–Crippen LogP) is 2.30. The molecule has 2 aliphatic heterocycles. The number of amides is 1. The van der Waals surface area contributed by atoms with Crippen LogP contribution in [0.15, 0.2) is 24.3 Å². The van der Waals surface area contributed by atoms with Crippen molar-refractivity contribution in [3.05, 3.63) is 30.1 Å². The lowest BCUT2D eigenvalue weighted by Gasteiger charge is -2.34. The fourth-order valence-electron chi connectivity index (χ4n) is 3.60. The predicted molar refractivity (Wildman–Crippen MR) is 90.0 cm³/mol. The van der Waals surface area contributed by atoms with Gasteiger partial charge in [0, 0.05) is 31.2 Å². The fraction of sp³-hybridized carbons (Fsp3) is 0.611. The molecule has 2 atom stereocenters. The first-order valence-electron chi connectivity index (χ1n) is 8.71. The lowest BCUT2D eigenvalue weighted by molar-refractivity contribution is -0.122. The van der Waals surface area contributed by atoms with Gasteiger partial charge in [0.05, 0.1) is 0 Å². The van der Waals surface area contributed by atoms with Crippen molar-refractivity contribution in [3.8, 4) is 0 Å². The zero-order chi connectivity index (χ0) is 16.1. The molecule has 2 N–H and O–H groups in total. The average Bonchev–Trinajstić information content (AvgIpc) is 3.07. The van der Waals surface area contributed by atoms with Crippen molar-refractivity contribution in [1.29, 1.82) is 0 Å². The molecular formula is C18H26FN3O. The van der Waals surface area contributed by atoms with Crippen LogP contribution in [-0.4, -0.2) is 38.1 Å². The number of benzene rings is 1. The molecule has 23 heavy (non-hydrogen) atoms. The maximum absolute atomic E-state index is 13.4. The minimum atomic E-state index is -0.209. The minimum absolute atomic E-state index is 0.156. The largest absolute Gasteiger partial charge is 0.369 e. The van der Waals surface area contributed by atoms with Gasteiger partial charge in [-0.25, -0.2) is 4.39 Å². The summed E-state index contributed by atoms with van der Waals surface area (Å²) < 4.78 is 13.4. The second-order valence-electron chi connectivity index (χ2n) is 6.73. The molecule has 5 heteroatoms. The highest BCUT2D eigenvalue weighted by molar-refractivity contribution is 5.76. The molecular weight excluding hydrogens is 293 g/mol. The number of nitrogens with one attached hydrogen (secondary N) is 2. The van der Waals surface area contributed by atoms with Gasteiger partial charge < -0.3 is 15.5 Å². The SMILES string of the molecule is O=C(CCC1CCNC1)NC1CCCN(c2cccc(F)c2)C1. The zero-order valence-electron chi connectivity index (χ0n) is 13.6. The van der Waals surface area contributed by atoms with E-state index in [1.165, 1.54) is 12.5 Å². The van der Waals surface area contributed by atoms with E-state index >= 15 is 0 Å². The highest BCUT2D eigenvalue weighted by atomic mass is 19.1. The van der Waals surface area contributed by atoms with Crippen LogP contribution >= 0.6 is 0 Å². The van der Waals surface area contributed by atoms with Gasteiger partial charge in [0.2, 0.25) is 5.91 Å². The number of anilines is 1. The molecule has 0 saturated carbocycles. The van der Waals surface area contributed by atoms with Gasteiger partial charge in [-0.05, 0) is 62.9 Å². The first-order chi connectivity index (χ1) is 11.2. The van der Waals surface area contributed by atoms with Crippen molar-refractivity contribution in [2.75, 3.05) is 31.1 Å². The topological polar surface area (TPSA) is 44.4 Å². The fourth-order valence-corrected chi connectivity index (χ4v) is 3.60. The molecule has 0 radical (unpaired) electrons. The van der Waals surface area contributed by atoms with Gasteiger partial charge in [-0.3, -0.25) is 4.79 Å². The van der Waals surface area contributed by atoms with Gasteiger partial charge in [0.1, 0.15) is 5.82 Å². The molecule has 2 aliphatic rings.